The van der Waals surface area contributed by atoms with Gasteiger partial charge in [-0.1, -0.05) is 22.0 Å². The Kier molecular flexibility index (Phi) is 4.94. The number of carbonyl (C=O) groups is 1. The lowest BCUT2D eigenvalue weighted by Gasteiger charge is -2.25. The fraction of sp³-hybridized carbons (Fsp3) is 0.357. The van der Waals surface area contributed by atoms with Crippen LogP contribution in [-0.2, 0) is 0 Å². The highest BCUT2D eigenvalue weighted by atomic mass is 79.9. The van der Waals surface area contributed by atoms with Gasteiger partial charge in [0.05, 0.1) is 0 Å². The standard InChI is InChI=1S/C14H18BrNO/c1-5-6-16(10(2)3)14(17)12-7-11(4)8-13(15)9-12/h5,7-10H,1,6H2,2-4H3. The van der Waals surface area contributed by atoms with Gasteiger partial charge in [0.15, 0.2) is 0 Å². The summed E-state index contributed by atoms with van der Waals surface area (Å²) in [5.41, 5.74) is 1.79. The van der Waals surface area contributed by atoms with Crippen molar-refractivity contribution in [3.8, 4) is 0 Å². The van der Waals surface area contributed by atoms with Crippen molar-refractivity contribution in [2.24, 2.45) is 0 Å². The molecule has 0 aliphatic heterocycles. The molecule has 0 bridgehead atoms. The molecular weight excluding hydrogens is 278 g/mol. The highest BCUT2D eigenvalue weighted by Crippen LogP contribution is 2.17. The number of carbonyl (C=O) groups excluding carboxylic acids is 1. The van der Waals surface area contributed by atoms with Crippen molar-refractivity contribution in [2.75, 3.05) is 6.54 Å². The summed E-state index contributed by atoms with van der Waals surface area (Å²) in [6.07, 6.45) is 1.75. The maximum absolute atomic E-state index is 12.3. The van der Waals surface area contributed by atoms with Gasteiger partial charge in [0, 0.05) is 22.6 Å². The van der Waals surface area contributed by atoms with E-state index in [1.54, 1.807) is 11.0 Å². The molecule has 0 fully saturated rings. The zero-order chi connectivity index (χ0) is 13.0. The summed E-state index contributed by atoms with van der Waals surface area (Å²) in [5, 5.41) is 0. The SMILES string of the molecule is C=CCN(C(=O)c1cc(C)cc(Br)c1)C(C)C. The lowest BCUT2D eigenvalue weighted by molar-refractivity contribution is 0.0728. The second-order valence-corrected chi connectivity index (χ2v) is 5.27. The monoisotopic (exact) mass is 295 g/mol. The molecule has 92 valence electrons. The smallest absolute Gasteiger partial charge is 0.254 e. The first kappa shape index (κ1) is 14.0. The molecule has 0 saturated heterocycles. The minimum atomic E-state index is 0.0456. The number of hydrogen-bond donors (Lipinski definition) is 0. The number of amides is 1. The topological polar surface area (TPSA) is 20.3 Å². The van der Waals surface area contributed by atoms with Crippen molar-refractivity contribution < 1.29 is 4.79 Å². The summed E-state index contributed by atoms with van der Waals surface area (Å²) in [4.78, 5) is 14.1. The average molecular weight is 296 g/mol. The van der Waals surface area contributed by atoms with Crippen LogP contribution in [0.15, 0.2) is 35.3 Å². The molecule has 0 aliphatic carbocycles. The third-order valence-corrected chi connectivity index (χ3v) is 2.96. The predicted octanol–water partition coefficient (Wildman–Crippen LogP) is 3.79. The van der Waals surface area contributed by atoms with Gasteiger partial charge in [0.25, 0.3) is 5.91 Å². The van der Waals surface area contributed by atoms with E-state index in [1.807, 2.05) is 39.0 Å². The molecule has 1 aromatic rings. The third-order valence-electron chi connectivity index (χ3n) is 2.50. The molecule has 0 atom stereocenters. The summed E-state index contributed by atoms with van der Waals surface area (Å²) < 4.78 is 0.933. The van der Waals surface area contributed by atoms with E-state index in [0.717, 1.165) is 10.0 Å². The molecule has 1 amide bonds. The van der Waals surface area contributed by atoms with Crippen LogP contribution in [0.4, 0.5) is 0 Å². The number of nitrogens with zero attached hydrogens (tertiary/aromatic N) is 1. The molecule has 1 aromatic carbocycles. The fourth-order valence-corrected chi connectivity index (χ4v) is 2.30. The molecule has 0 spiro atoms. The van der Waals surface area contributed by atoms with Crippen LogP contribution in [-0.4, -0.2) is 23.4 Å². The van der Waals surface area contributed by atoms with E-state index in [0.29, 0.717) is 12.1 Å². The highest BCUT2D eigenvalue weighted by molar-refractivity contribution is 9.10. The lowest BCUT2D eigenvalue weighted by Crippen LogP contribution is -2.37. The van der Waals surface area contributed by atoms with E-state index in [2.05, 4.69) is 22.5 Å². The summed E-state index contributed by atoms with van der Waals surface area (Å²) in [5.74, 6) is 0.0456. The number of rotatable bonds is 4. The van der Waals surface area contributed by atoms with Crippen LogP contribution in [0, 0.1) is 6.92 Å². The molecule has 17 heavy (non-hydrogen) atoms. The van der Waals surface area contributed by atoms with Crippen LogP contribution in [0.3, 0.4) is 0 Å². The number of benzene rings is 1. The van der Waals surface area contributed by atoms with Gasteiger partial charge in [0.2, 0.25) is 0 Å². The molecule has 0 unspecified atom stereocenters. The molecule has 0 N–H and O–H groups in total. The lowest BCUT2D eigenvalue weighted by atomic mass is 10.1. The Morgan fingerprint density at radius 2 is 2.12 bits per heavy atom. The predicted molar refractivity (Wildman–Crippen MR) is 75.2 cm³/mol. The first-order valence-corrected chi connectivity index (χ1v) is 6.44. The maximum atomic E-state index is 12.3. The van der Waals surface area contributed by atoms with Crippen LogP contribution >= 0.6 is 15.9 Å². The molecule has 2 nitrogen and oxygen atoms in total. The van der Waals surface area contributed by atoms with E-state index in [9.17, 15) is 4.79 Å². The average Bonchev–Trinajstić information content (AvgIpc) is 2.23. The van der Waals surface area contributed by atoms with Crippen LogP contribution < -0.4 is 0 Å². The molecule has 0 aromatic heterocycles. The molecular formula is C14H18BrNO. The molecule has 0 saturated carbocycles. The van der Waals surface area contributed by atoms with Crippen LogP contribution in [0.2, 0.25) is 0 Å². The second kappa shape index (κ2) is 6.01. The second-order valence-electron chi connectivity index (χ2n) is 4.36. The Hall–Kier alpha value is -1.09. The maximum Gasteiger partial charge on any atom is 0.254 e. The van der Waals surface area contributed by atoms with E-state index in [-0.39, 0.29) is 11.9 Å². The van der Waals surface area contributed by atoms with Crippen molar-refractivity contribution in [1.82, 2.24) is 4.90 Å². The largest absolute Gasteiger partial charge is 0.333 e. The molecule has 1 rings (SSSR count). The molecule has 0 heterocycles. The zero-order valence-corrected chi connectivity index (χ0v) is 12.1. The van der Waals surface area contributed by atoms with Gasteiger partial charge in [-0.3, -0.25) is 4.79 Å². The Morgan fingerprint density at radius 3 is 2.59 bits per heavy atom. The summed E-state index contributed by atoms with van der Waals surface area (Å²) >= 11 is 3.42. The normalized spacial score (nSPS) is 10.4. The van der Waals surface area contributed by atoms with Crippen molar-refractivity contribution in [3.63, 3.8) is 0 Å². The quantitative estimate of drug-likeness (QED) is 0.774. The Labute approximate surface area is 111 Å². The zero-order valence-electron chi connectivity index (χ0n) is 10.5. The van der Waals surface area contributed by atoms with Gasteiger partial charge in [0.1, 0.15) is 0 Å². The van der Waals surface area contributed by atoms with E-state index in [4.69, 9.17) is 0 Å². The molecule has 3 heteroatoms. The van der Waals surface area contributed by atoms with Crippen LogP contribution in [0.1, 0.15) is 29.8 Å². The number of aryl methyl sites for hydroxylation is 1. The fourth-order valence-electron chi connectivity index (χ4n) is 1.69. The van der Waals surface area contributed by atoms with Crippen molar-refractivity contribution in [3.05, 3.63) is 46.5 Å². The summed E-state index contributed by atoms with van der Waals surface area (Å²) in [6, 6.07) is 5.92. The number of hydrogen-bond acceptors (Lipinski definition) is 1. The Morgan fingerprint density at radius 1 is 1.47 bits per heavy atom. The van der Waals surface area contributed by atoms with Gasteiger partial charge >= 0.3 is 0 Å². The Balaban J connectivity index is 3.04. The molecule has 0 aliphatic rings. The minimum absolute atomic E-state index is 0.0456. The van der Waals surface area contributed by atoms with Gasteiger partial charge in [-0.15, -0.1) is 6.58 Å². The van der Waals surface area contributed by atoms with Gasteiger partial charge in [-0.2, -0.15) is 0 Å². The third kappa shape index (κ3) is 3.70. The summed E-state index contributed by atoms with van der Waals surface area (Å²) in [6.45, 7) is 10.3. The van der Waals surface area contributed by atoms with Crippen LogP contribution in [0.25, 0.3) is 0 Å². The summed E-state index contributed by atoms with van der Waals surface area (Å²) in [7, 11) is 0. The van der Waals surface area contributed by atoms with Crippen molar-refractivity contribution in [2.45, 2.75) is 26.8 Å². The van der Waals surface area contributed by atoms with Crippen molar-refractivity contribution >= 4 is 21.8 Å². The first-order chi connectivity index (χ1) is 7.95. The Bertz CT molecular complexity index is 406. The van der Waals surface area contributed by atoms with E-state index < -0.39 is 0 Å². The van der Waals surface area contributed by atoms with Gasteiger partial charge in [-0.25, -0.2) is 0 Å². The van der Waals surface area contributed by atoms with Gasteiger partial charge < -0.3 is 4.90 Å². The van der Waals surface area contributed by atoms with Crippen molar-refractivity contribution in [1.29, 1.82) is 0 Å². The van der Waals surface area contributed by atoms with E-state index >= 15 is 0 Å². The number of halogens is 1. The minimum Gasteiger partial charge on any atom is -0.333 e. The van der Waals surface area contributed by atoms with E-state index in [1.165, 1.54) is 0 Å². The highest BCUT2D eigenvalue weighted by Gasteiger charge is 2.17. The first-order valence-electron chi connectivity index (χ1n) is 5.64. The van der Waals surface area contributed by atoms with Crippen LogP contribution in [0.5, 0.6) is 0 Å². The van der Waals surface area contributed by atoms with Gasteiger partial charge in [-0.05, 0) is 44.5 Å². The molecule has 0 radical (unpaired) electrons.